The first kappa shape index (κ1) is 19.3. The van der Waals surface area contributed by atoms with Crippen molar-refractivity contribution in [1.29, 1.82) is 0 Å². The molecule has 2 N–H and O–H groups in total. The molecule has 0 atom stereocenters. The van der Waals surface area contributed by atoms with Gasteiger partial charge < -0.3 is 10.1 Å². The van der Waals surface area contributed by atoms with Gasteiger partial charge in [0.15, 0.2) is 0 Å². The molecular weight excluding hydrogens is 385 g/mol. The number of halogens is 1. The number of sulfonamides is 1. The van der Waals surface area contributed by atoms with E-state index in [4.69, 9.17) is 4.74 Å². The third-order valence-electron chi connectivity index (χ3n) is 3.74. The number of hydrogen-bond acceptors (Lipinski definition) is 5. The highest BCUT2D eigenvalue weighted by Gasteiger charge is 2.21. The number of pyridine rings is 1. The van der Waals surface area contributed by atoms with E-state index in [9.17, 15) is 17.6 Å². The van der Waals surface area contributed by atoms with Gasteiger partial charge in [-0.1, -0.05) is 0 Å². The Morgan fingerprint density at radius 2 is 1.82 bits per heavy atom. The monoisotopic (exact) mass is 401 g/mol. The van der Waals surface area contributed by atoms with E-state index in [1.807, 2.05) is 0 Å². The molecule has 0 unspecified atom stereocenters. The first-order chi connectivity index (χ1) is 13.4. The van der Waals surface area contributed by atoms with Crippen molar-refractivity contribution >= 4 is 27.3 Å². The summed E-state index contributed by atoms with van der Waals surface area (Å²) in [5.41, 5.74) is 0.642. The number of nitrogens with one attached hydrogen (secondary N) is 2. The molecule has 144 valence electrons. The summed E-state index contributed by atoms with van der Waals surface area (Å²) >= 11 is 0. The van der Waals surface area contributed by atoms with Gasteiger partial charge in [0.2, 0.25) is 0 Å². The van der Waals surface area contributed by atoms with E-state index in [2.05, 4.69) is 15.0 Å². The van der Waals surface area contributed by atoms with Crippen LogP contribution in [-0.2, 0) is 10.0 Å². The molecule has 0 saturated heterocycles. The van der Waals surface area contributed by atoms with Crippen LogP contribution in [0.2, 0.25) is 0 Å². The summed E-state index contributed by atoms with van der Waals surface area (Å²) in [6.45, 7) is 0. The molecule has 0 aliphatic rings. The maximum Gasteiger partial charge on any atom is 0.264 e. The van der Waals surface area contributed by atoms with Gasteiger partial charge in [0.25, 0.3) is 15.9 Å². The smallest absolute Gasteiger partial charge is 0.264 e. The number of hydrogen-bond donors (Lipinski definition) is 2. The van der Waals surface area contributed by atoms with Crippen molar-refractivity contribution in [3.8, 4) is 5.75 Å². The van der Waals surface area contributed by atoms with Gasteiger partial charge in [0, 0.05) is 17.4 Å². The molecule has 3 aromatic rings. The van der Waals surface area contributed by atoms with E-state index in [1.54, 1.807) is 30.5 Å². The van der Waals surface area contributed by atoms with Gasteiger partial charge in [0.05, 0.1) is 19.0 Å². The Hall–Kier alpha value is -3.46. The maximum atomic E-state index is 14.2. The van der Waals surface area contributed by atoms with Gasteiger partial charge in [-0.05, 0) is 54.6 Å². The zero-order chi connectivity index (χ0) is 20.1. The van der Waals surface area contributed by atoms with E-state index in [-0.39, 0.29) is 11.3 Å². The number of carbonyl (C=O) groups excluding carboxylic acids is 1. The molecule has 1 amide bonds. The predicted molar refractivity (Wildman–Crippen MR) is 102 cm³/mol. The molecule has 0 fully saturated rings. The summed E-state index contributed by atoms with van der Waals surface area (Å²) in [6.07, 6.45) is 2.98. The molecule has 9 heteroatoms. The van der Waals surface area contributed by atoms with Gasteiger partial charge >= 0.3 is 0 Å². The highest BCUT2D eigenvalue weighted by atomic mass is 32.2. The third-order valence-corrected chi connectivity index (χ3v) is 5.14. The lowest BCUT2D eigenvalue weighted by Gasteiger charge is -2.11. The van der Waals surface area contributed by atoms with Crippen molar-refractivity contribution in [2.45, 2.75) is 4.90 Å². The van der Waals surface area contributed by atoms with Gasteiger partial charge in [-0.25, -0.2) is 12.8 Å². The van der Waals surface area contributed by atoms with E-state index in [1.165, 1.54) is 31.5 Å². The lowest BCUT2D eigenvalue weighted by molar-refractivity contribution is 0.102. The summed E-state index contributed by atoms with van der Waals surface area (Å²) in [5.74, 6) is -1.02. The first-order valence-corrected chi connectivity index (χ1v) is 9.55. The Bertz CT molecular complexity index is 1090. The average Bonchev–Trinajstić information content (AvgIpc) is 2.69. The highest BCUT2D eigenvalue weighted by molar-refractivity contribution is 7.92. The molecule has 3 rings (SSSR count). The normalized spacial score (nSPS) is 10.9. The standard InChI is InChI=1S/C19H16FN3O4S/c1-27-16-7-5-14(6-8-16)23-28(25,26)18-11-13(4-9-17(18)20)19(24)22-15-3-2-10-21-12-15/h2-12,23H,1H3,(H,22,24). The topological polar surface area (TPSA) is 97.4 Å². The summed E-state index contributed by atoms with van der Waals surface area (Å²) in [4.78, 5) is 15.6. The highest BCUT2D eigenvalue weighted by Crippen LogP contribution is 2.22. The number of nitrogens with zero attached hydrogens (tertiary/aromatic N) is 1. The van der Waals surface area contributed by atoms with Gasteiger partial charge in [-0.3, -0.25) is 14.5 Å². The van der Waals surface area contributed by atoms with Crippen LogP contribution < -0.4 is 14.8 Å². The van der Waals surface area contributed by atoms with Crippen molar-refractivity contribution in [2.24, 2.45) is 0 Å². The van der Waals surface area contributed by atoms with Crippen molar-refractivity contribution < 1.29 is 22.3 Å². The lowest BCUT2D eigenvalue weighted by Crippen LogP contribution is -2.17. The van der Waals surface area contributed by atoms with E-state index in [0.717, 1.165) is 12.1 Å². The summed E-state index contributed by atoms with van der Waals surface area (Å²) in [7, 11) is -2.77. The number of methoxy groups -OCH3 is 1. The van der Waals surface area contributed by atoms with Crippen molar-refractivity contribution in [3.63, 3.8) is 0 Å². The van der Waals surface area contributed by atoms with E-state index >= 15 is 0 Å². The molecule has 0 aliphatic carbocycles. The number of carbonyl (C=O) groups is 1. The second-order valence-corrected chi connectivity index (χ2v) is 7.33. The number of benzene rings is 2. The summed E-state index contributed by atoms with van der Waals surface area (Å²) in [5, 5.41) is 2.57. The van der Waals surface area contributed by atoms with Crippen molar-refractivity contribution in [3.05, 3.63) is 78.4 Å². The zero-order valence-electron chi connectivity index (χ0n) is 14.7. The molecule has 7 nitrogen and oxygen atoms in total. The Morgan fingerprint density at radius 3 is 2.46 bits per heavy atom. The maximum absolute atomic E-state index is 14.2. The van der Waals surface area contributed by atoms with Crippen molar-refractivity contribution in [2.75, 3.05) is 17.1 Å². The van der Waals surface area contributed by atoms with E-state index < -0.39 is 26.6 Å². The number of aromatic nitrogens is 1. The predicted octanol–water partition coefficient (Wildman–Crippen LogP) is 3.28. The molecule has 1 heterocycles. The van der Waals surface area contributed by atoms with Crippen LogP contribution in [0.4, 0.5) is 15.8 Å². The number of amides is 1. The Balaban J connectivity index is 1.86. The molecule has 1 aromatic heterocycles. The van der Waals surface area contributed by atoms with Crippen LogP contribution in [0.1, 0.15) is 10.4 Å². The minimum atomic E-state index is -4.25. The second-order valence-electron chi connectivity index (χ2n) is 5.68. The largest absolute Gasteiger partial charge is 0.497 e. The average molecular weight is 401 g/mol. The van der Waals surface area contributed by atoms with Crippen LogP contribution in [-0.4, -0.2) is 26.4 Å². The molecule has 0 bridgehead atoms. The van der Waals surface area contributed by atoms with Gasteiger partial charge in [0.1, 0.15) is 16.5 Å². The van der Waals surface area contributed by atoms with Gasteiger partial charge in [-0.2, -0.15) is 0 Å². The van der Waals surface area contributed by atoms with Crippen LogP contribution in [0.15, 0.2) is 71.9 Å². The van der Waals surface area contributed by atoms with E-state index in [0.29, 0.717) is 11.4 Å². The fraction of sp³-hybridized carbons (Fsp3) is 0.0526. The zero-order valence-corrected chi connectivity index (χ0v) is 15.5. The molecule has 28 heavy (non-hydrogen) atoms. The van der Waals surface area contributed by atoms with Crippen LogP contribution in [0.25, 0.3) is 0 Å². The van der Waals surface area contributed by atoms with Crippen LogP contribution >= 0.6 is 0 Å². The lowest BCUT2D eigenvalue weighted by atomic mass is 10.2. The fourth-order valence-electron chi connectivity index (χ4n) is 2.36. The number of anilines is 2. The number of ether oxygens (including phenoxy) is 1. The SMILES string of the molecule is COc1ccc(NS(=O)(=O)c2cc(C(=O)Nc3cccnc3)ccc2F)cc1. The first-order valence-electron chi connectivity index (χ1n) is 8.07. The van der Waals surface area contributed by atoms with Crippen LogP contribution in [0.3, 0.4) is 0 Å². The Kier molecular flexibility index (Phi) is 5.55. The fourth-order valence-corrected chi connectivity index (χ4v) is 3.52. The Labute approximate surface area is 161 Å². The quantitative estimate of drug-likeness (QED) is 0.661. The molecule has 0 aliphatic heterocycles. The molecular formula is C19H16FN3O4S. The minimum Gasteiger partial charge on any atom is -0.497 e. The second kappa shape index (κ2) is 8.05. The molecule has 0 radical (unpaired) electrons. The summed E-state index contributed by atoms with van der Waals surface area (Å²) < 4.78 is 46.7. The molecule has 2 aromatic carbocycles. The third kappa shape index (κ3) is 4.44. The number of rotatable bonds is 6. The minimum absolute atomic E-state index is 0.0136. The molecule has 0 spiro atoms. The van der Waals surface area contributed by atoms with Crippen LogP contribution in [0.5, 0.6) is 5.75 Å². The van der Waals surface area contributed by atoms with Crippen LogP contribution in [0, 0.1) is 5.82 Å². The molecule has 0 saturated carbocycles. The Morgan fingerprint density at radius 1 is 1.07 bits per heavy atom. The van der Waals surface area contributed by atoms with Gasteiger partial charge in [-0.15, -0.1) is 0 Å². The van der Waals surface area contributed by atoms with Crippen molar-refractivity contribution in [1.82, 2.24) is 4.98 Å². The summed E-state index contributed by atoms with van der Waals surface area (Å²) in [6, 6.07) is 12.5.